The highest BCUT2D eigenvalue weighted by Crippen LogP contribution is 2.47. The lowest BCUT2D eigenvalue weighted by atomic mass is 10.2. The van der Waals surface area contributed by atoms with Crippen LogP contribution >= 0.6 is 0 Å². The smallest absolute Gasteiger partial charge is 0.137 e. The van der Waals surface area contributed by atoms with Gasteiger partial charge in [0.2, 0.25) is 0 Å². The van der Waals surface area contributed by atoms with Crippen molar-refractivity contribution in [1.82, 2.24) is 9.88 Å². The Labute approximate surface area is 91.1 Å². The van der Waals surface area contributed by atoms with Crippen LogP contribution in [0, 0.1) is 5.92 Å². The molecule has 1 aliphatic carbocycles. The summed E-state index contributed by atoms with van der Waals surface area (Å²) < 4.78 is 5.76. The van der Waals surface area contributed by atoms with Crippen molar-refractivity contribution in [3.05, 3.63) is 24.5 Å². The number of hydrogen-bond donors (Lipinski definition) is 0. The van der Waals surface area contributed by atoms with Crippen LogP contribution in [0.15, 0.2) is 24.5 Å². The molecular formula is C12H18N2O. The Morgan fingerprint density at radius 2 is 2.33 bits per heavy atom. The van der Waals surface area contributed by atoms with Gasteiger partial charge in [-0.2, -0.15) is 0 Å². The highest BCUT2D eigenvalue weighted by molar-refractivity contribution is 5.17. The second-order valence-electron chi connectivity index (χ2n) is 4.58. The van der Waals surface area contributed by atoms with Crippen LogP contribution in [0.3, 0.4) is 0 Å². The minimum Gasteiger partial charge on any atom is -0.490 e. The molecule has 1 aliphatic rings. The zero-order valence-electron chi connectivity index (χ0n) is 9.60. The normalized spacial score (nSPS) is 29.2. The number of rotatable bonds is 4. The van der Waals surface area contributed by atoms with E-state index >= 15 is 0 Å². The van der Waals surface area contributed by atoms with Crippen LogP contribution in [-0.4, -0.2) is 36.1 Å². The van der Waals surface area contributed by atoms with E-state index in [0.717, 1.165) is 18.3 Å². The molecule has 0 unspecified atom stereocenters. The molecule has 1 heterocycles. The van der Waals surface area contributed by atoms with Gasteiger partial charge in [-0.1, -0.05) is 6.92 Å². The molecule has 0 amide bonds. The minimum absolute atomic E-state index is 0.246. The SMILES string of the molecule is C[C@H]1C[C@@]1(COc1cccnc1)N(C)C. The largest absolute Gasteiger partial charge is 0.490 e. The van der Waals surface area contributed by atoms with Gasteiger partial charge in [-0.3, -0.25) is 4.98 Å². The summed E-state index contributed by atoms with van der Waals surface area (Å²) >= 11 is 0. The van der Waals surface area contributed by atoms with Crippen molar-refractivity contribution in [2.24, 2.45) is 5.92 Å². The molecule has 0 saturated heterocycles. The summed E-state index contributed by atoms with van der Waals surface area (Å²) in [7, 11) is 4.24. The number of hydrogen-bond acceptors (Lipinski definition) is 3. The van der Waals surface area contributed by atoms with E-state index in [1.165, 1.54) is 6.42 Å². The summed E-state index contributed by atoms with van der Waals surface area (Å²) in [6, 6.07) is 3.84. The molecule has 1 fully saturated rings. The average molecular weight is 206 g/mol. The highest BCUT2D eigenvalue weighted by atomic mass is 16.5. The van der Waals surface area contributed by atoms with Crippen molar-refractivity contribution in [3.63, 3.8) is 0 Å². The molecule has 0 aliphatic heterocycles. The van der Waals surface area contributed by atoms with E-state index in [1.54, 1.807) is 12.4 Å². The van der Waals surface area contributed by atoms with Crippen LogP contribution < -0.4 is 4.74 Å². The van der Waals surface area contributed by atoms with Gasteiger partial charge in [-0.25, -0.2) is 0 Å². The van der Waals surface area contributed by atoms with Crippen molar-refractivity contribution in [1.29, 1.82) is 0 Å². The molecule has 15 heavy (non-hydrogen) atoms. The molecule has 0 spiro atoms. The lowest BCUT2D eigenvalue weighted by molar-refractivity contribution is 0.155. The molecule has 0 N–H and O–H groups in total. The third kappa shape index (κ3) is 1.97. The van der Waals surface area contributed by atoms with Crippen LogP contribution in [-0.2, 0) is 0 Å². The topological polar surface area (TPSA) is 25.4 Å². The molecule has 3 heteroatoms. The first-order chi connectivity index (χ1) is 7.15. The van der Waals surface area contributed by atoms with Gasteiger partial charge in [0.15, 0.2) is 0 Å². The second-order valence-corrected chi connectivity index (χ2v) is 4.58. The van der Waals surface area contributed by atoms with E-state index in [1.807, 2.05) is 12.1 Å². The fraction of sp³-hybridized carbons (Fsp3) is 0.583. The summed E-state index contributed by atoms with van der Waals surface area (Å²) in [6.45, 7) is 3.03. The third-order valence-electron chi connectivity index (χ3n) is 3.43. The molecule has 1 aromatic rings. The summed E-state index contributed by atoms with van der Waals surface area (Å²) in [5.74, 6) is 1.59. The monoisotopic (exact) mass is 206 g/mol. The van der Waals surface area contributed by atoms with E-state index < -0.39 is 0 Å². The molecule has 82 valence electrons. The fourth-order valence-electron chi connectivity index (χ4n) is 2.07. The van der Waals surface area contributed by atoms with Gasteiger partial charge in [0.1, 0.15) is 12.4 Å². The summed E-state index contributed by atoms with van der Waals surface area (Å²) in [4.78, 5) is 6.30. The van der Waals surface area contributed by atoms with Crippen LogP contribution in [0.1, 0.15) is 13.3 Å². The number of aromatic nitrogens is 1. The van der Waals surface area contributed by atoms with Crippen molar-refractivity contribution >= 4 is 0 Å². The second kappa shape index (κ2) is 3.81. The first-order valence-electron chi connectivity index (χ1n) is 5.35. The Balaban J connectivity index is 1.94. The maximum atomic E-state index is 5.76. The molecule has 2 atom stereocenters. The van der Waals surface area contributed by atoms with E-state index in [-0.39, 0.29) is 5.54 Å². The van der Waals surface area contributed by atoms with Crippen LogP contribution in [0.5, 0.6) is 5.75 Å². The molecule has 1 aromatic heterocycles. The van der Waals surface area contributed by atoms with E-state index in [9.17, 15) is 0 Å². The quantitative estimate of drug-likeness (QED) is 0.751. The Bertz CT molecular complexity index is 326. The summed E-state index contributed by atoms with van der Waals surface area (Å²) in [5.41, 5.74) is 0.246. The lowest BCUT2D eigenvalue weighted by Gasteiger charge is -2.25. The number of likely N-dealkylation sites (N-methyl/N-ethyl adjacent to an activating group) is 1. The van der Waals surface area contributed by atoms with Crippen molar-refractivity contribution in [2.45, 2.75) is 18.9 Å². The molecule has 0 bridgehead atoms. The molecular weight excluding hydrogens is 188 g/mol. The maximum absolute atomic E-state index is 5.76. The van der Waals surface area contributed by atoms with Crippen LogP contribution in [0.4, 0.5) is 0 Å². The van der Waals surface area contributed by atoms with Gasteiger partial charge in [0.25, 0.3) is 0 Å². The van der Waals surface area contributed by atoms with Crippen LogP contribution in [0.2, 0.25) is 0 Å². The lowest BCUT2D eigenvalue weighted by Crippen LogP contribution is -2.37. The van der Waals surface area contributed by atoms with E-state index in [2.05, 4.69) is 30.9 Å². The predicted molar refractivity (Wildman–Crippen MR) is 59.9 cm³/mol. The Hall–Kier alpha value is -1.09. The maximum Gasteiger partial charge on any atom is 0.137 e. The Morgan fingerprint density at radius 1 is 1.60 bits per heavy atom. The minimum atomic E-state index is 0.246. The van der Waals surface area contributed by atoms with Crippen molar-refractivity contribution in [2.75, 3.05) is 20.7 Å². The van der Waals surface area contributed by atoms with Gasteiger partial charge in [-0.15, -0.1) is 0 Å². The predicted octanol–water partition coefficient (Wildman–Crippen LogP) is 1.80. The highest BCUT2D eigenvalue weighted by Gasteiger charge is 2.53. The van der Waals surface area contributed by atoms with Crippen molar-refractivity contribution in [3.8, 4) is 5.75 Å². The molecule has 0 aromatic carbocycles. The number of pyridine rings is 1. The van der Waals surface area contributed by atoms with Crippen molar-refractivity contribution < 1.29 is 4.74 Å². The van der Waals surface area contributed by atoms with Gasteiger partial charge in [-0.05, 0) is 38.6 Å². The number of ether oxygens (including phenoxy) is 1. The zero-order chi connectivity index (χ0) is 10.9. The third-order valence-corrected chi connectivity index (χ3v) is 3.43. The molecule has 0 radical (unpaired) electrons. The van der Waals surface area contributed by atoms with Gasteiger partial charge in [0.05, 0.1) is 11.7 Å². The summed E-state index contributed by atoms with van der Waals surface area (Å²) in [5, 5.41) is 0. The molecule has 1 saturated carbocycles. The van der Waals surface area contributed by atoms with Gasteiger partial charge >= 0.3 is 0 Å². The summed E-state index contributed by atoms with van der Waals surface area (Å²) in [6.07, 6.45) is 4.74. The Morgan fingerprint density at radius 3 is 2.80 bits per heavy atom. The van der Waals surface area contributed by atoms with Gasteiger partial charge in [0, 0.05) is 6.20 Å². The first kappa shape index (κ1) is 10.4. The Kier molecular flexibility index (Phi) is 2.65. The van der Waals surface area contributed by atoms with Gasteiger partial charge < -0.3 is 9.64 Å². The first-order valence-corrected chi connectivity index (χ1v) is 5.35. The van der Waals surface area contributed by atoms with Crippen LogP contribution in [0.25, 0.3) is 0 Å². The molecule has 2 rings (SSSR count). The zero-order valence-corrected chi connectivity index (χ0v) is 9.60. The van der Waals surface area contributed by atoms with E-state index in [0.29, 0.717) is 0 Å². The molecule has 3 nitrogen and oxygen atoms in total. The average Bonchev–Trinajstić information content (AvgIpc) is 2.90. The fourth-order valence-corrected chi connectivity index (χ4v) is 2.07. The number of nitrogens with zero attached hydrogens (tertiary/aromatic N) is 2. The standard InChI is InChI=1S/C12H18N2O/c1-10-7-12(10,14(2)3)9-15-11-5-4-6-13-8-11/h4-6,8,10H,7,9H2,1-3H3/t10-,12-/m0/s1. The van der Waals surface area contributed by atoms with E-state index in [4.69, 9.17) is 4.74 Å².